The number of aliphatic hydroxyl groups excluding tert-OH is 1. The third kappa shape index (κ3) is 2.25. The van der Waals surface area contributed by atoms with Crippen LogP contribution in [0, 0.1) is 0 Å². The largest absolute Gasteiger partial charge is 0.396 e. The van der Waals surface area contributed by atoms with E-state index in [1.54, 1.807) is 6.20 Å². The molecule has 0 fully saturated rings. The highest BCUT2D eigenvalue weighted by atomic mass is 16.2. The Morgan fingerprint density at radius 1 is 1.47 bits per heavy atom. The van der Waals surface area contributed by atoms with Gasteiger partial charge >= 0.3 is 0 Å². The summed E-state index contributed by atoms with van der Waals surface area (Å²) in [6, 6.07) is 3.90. The molecule has 0 radical (unpaired) electrons. The van der Waals surface area contributed by atoms with Crippen molar-refractivity contribution in [3.8, 4) is 0 Å². The molecule has 0 aliphatic carbocycles. The fourth-order valence-electron chi connectivity index (χ4n) is 1.63. The number of aliphatic hydroxyl groups is 1. The zero-order valence-corrected chi connectivity index (χ0v) is 8.48. The topological polar surface area (TPSA) is 45.2 Å². The van der Waals surface area contributed by atoms with Crippen LogP contribution < -0.4 is 5.32 Å². The second kappa shape index (κ2) is 4.75. The molecule has 2 heterocycles. The Kier molecular flexibility index (Phi) is 3.15. The Balaban J connectivity index is 2.33. The lowest BCUT2D eigenvalue weighted by atomic mass is 10.1. The summed E-state index contributed by atoms with van der Waals surface area (Å²) in [4.78, 5) is 4.35. The minimum Gasteiger partial charge on any atom is -0.396 e. The van der Waals surface area contributed by atoms with Crippen LogP contribution in [-0.2, 0) is 6.42 Å². The number of hydrogen-bond acceptors (Lipinski definition) is 3. The van der Waals surface area contributed by atoms with E-state index in [1.165, 1.54) is 0 Å². The molecule has 1 aliphatic heterocycles. The molecule has 0 aromatic carbocycles. The molecule has 2 rings (SSSR count). The highest BCUT2D eigenvalue weighted by molar-refractivity contribution is 5.66. The molecule has 1 aliphatic rings. The van der Waals surface area contributed by atoms with Crippen LogP contribution in [0.2, 0.25) is 0 Å². The molecular formula is C12H14N2O. The van der Waals surface area contributed by atoms with Crippen molar-refractivity contribution < 1.29 is 5.11 Å². The first kappa shape index (κ1) is 9.93. The van der Waals surface area contributed by atoms with Crippen molar-refractivity contribution in [3.63, 3.8) is 0 Å². The Bertz CT molecular complexity index is 396. The standard InChI is InChI=1S/C12H14N2O/c15-9-6-10-4-3-8-14-12(10)11-5-1-2-7-13-11/h1-5,8,13,15H,6-7,9H2. The third-order valence-corrected chi connectivity index (χ3v) is 2.34. The Morgan fingerprint density at radius 2 is 2.40 bits per heavy atom. The molecule has 0 spiro atoms. The zero-order valence-electron chi connectivity index (χ0n) is 8.48. The first-order chi connectivity index (χ1) is 7.42. The Labute approximate surface area is 89.2 Å². The van der Waals surface area contributed by atoms with E-state index in [4.69, 9.17) is 5.11 Å². The van der Waals surface area contributed by atoms with Crippen LogP contribution in [0.5, 0.6) is 0 Å². The van der Waals surface area contributed by atoms with E-state index in [0.29, 0.717) is 6.42 Å². The fraction of sp³-hybridized carbons (Fsp3) is 0.250. The SMILES string of the molecule is OCCc1cccnc1C1=CC=CCN1. The van der Waals surface area contributed by atoms with Crippen molar-refractivity contribution in [3.05, 3.63) is 47.8 Å². The van der Waals surface area contributed by atoms with Gasteiger partial charge in [0.15, 0.2) is 0 Å². The fourth-order valence-corrected chi connectivity index (χ4v) is 1.63. The number of rotatable bonds is 3. The molecule has 1 aromatic rings. The lowest BCUT2D eigenvalue weighted by molar-refractivity contribution is 0.299. The minimum atomic E-state index is 0.155. The van der Waals surface area contributed by atoms with Gasteiger partial charge in [-0.2, -0.15) is 0 Å². The van der Waals surface area contributed by atoms with Crippen molar-refractivity contribution in [2.75, 3.05) is 13.2 Å². The molecule has 2 N–H and O–H groups in total. The average molecular weight is 202 g/mol. The van der Waals surface area contributed by atoms with Crippen molar-refractivity contribution in [1.29, 1.82) is 0 Å². The number of nitrogens with one attached hydrogen (secondary N) is 1. The van der Waals surface area contributed by atoms with Crippen LogP contribution in [0.1, 0.15) is 11.3 Å². The van der Waals surface area contributed by atoms with Gasteiger partial charge in [-0.1, -0.05) is 18.2 Å². The quantitative estimate of drug-likeness (QED) is 0.772. The second-order valence-electron chi connectivity index (χ2n) is 3.37. The highest BCUT2D eigenvalue weighted by Gasteiger charge is 2.08. The molecule has 78 valence electrons. The molecule has 0 amide bonds. The van der Waals surface area contributed by atoms with Gasteiger partial charge in [0.2, 0.25) is 0 Å². The highest BCUT2D eigenvalue weighted by Crippen LogP contribution is 2.16. The summed E-state index contributed by atoms with van der Waals surface area (Å²) in [5, 5.41) is 12.2. The van der Waals surface area contributed by atoms with Gasteiger partial charge in [-0.15, -0.1) is 0 Å². The van der Waals surface area contributed by atoms with Crippen molar-refractivity contribution >= 4 is 5.70 Å². The van der Waals surface area contributed by atoms with Crippen molar-refractivity contribution in [2.45, 2.75) is 6.42 Å². The summed E-state index contributed by atoms with van der Waals surface area (Å²) in [6.45, 7) is 0.989. The van der Waals surface area contributed by atoms with Gasteiger partial charge in [-0.3, -0.25) is 4.98 Å². The van der Waals surface area contributed by atoms with Gasteiger partial charge in [-0.25, -0.2) is 0 Å². The summed E-state index contributed by atoms with van der Waals surface area (Å²) >= 11 is 0. The van der Waals surface area contributed by atoms with E-state index in [1.807, 2.05) is 24.3 Å². The average Bonchev–Trinajstić information content (AvgIpc) is 2.31. The molecule has 3 heteroatoms. The van der Waals surface area contributed by atoms with Crippen molar-refractivity contribution in [1.82, 2.24) is 10.3 Å². The molecule has 0 saturated carbocycles. The van der Waals surface area contributed by atoms with Gasteiger partial charge in [0.1, 0.15) is 0 Å². The maximum Gasteiger partial charge on any atom is 0.0893 e. The summed E-state index contributed by atoms with van der Waals surface area (Å²) in [5.74, 6) is 0. The monoisotopic (exact) mass is 202 g/mol. The summed E-state index contributed by atoms with van der Waals surface area (Å²) in [5.41, 5.74) is 3.05. The number of nitrogens with zero attached hydrogens (tertiary/aromatic N) is 1. The van der Waals surface area contributed by atoms with Crippen LogP contribution in [0.4, 0.5) is 0 Å². The van der Waals surface area contributed by atoms with E-state index < -0.39 is 0 Å². The third-order valence-electron chi connectivity index (χ3n) is 2.34. The van der Waals surface area contributed by atoms with Crippen LogP contribution in [-0.4, -0.2) is 23.2 Å². The number of pyridine rings is 1. The smallest absolute Gasteiger partial charge is 0.0893 e. The molecule has 0 atom stereocenters. The number of hydrogen-bond donors (Lipinski definition) is 2. The van der Waals surface area contributed by atoms with E-state index in [2.05, 4.69) is 16.4 Å². The molecule has 0 unspecified atom stereocenters. The molecular weight excluding hydrogens is 188 g/mol. The molecule has 0 saturated heterocycles. The van der Waals surface area contributed by atoms with Gasteiger partial charge in [0.25, 0.3) is 0 Å². The first-order valence-corrected chi connectivity index (χ1v) is 5.07. The van der Waals surface area contributed by atoms with Crippen molar-refractivity contribution in [2.24, 2.45) is 0 Å². The maximum absolute atomic E-state index is 8.96. The van der Waals surface area contributed by atoms with E-state index >= 15 is 0 Å². The lowest BCUT2D eigenvalue weighted by Crippen LogP contribution is -2.16. The van der Waals surface area contributed by atoms with Gasteiger partial charge in [-0.05, 0) is 24.1 Å². The van der Waals surface area contributed by atoms with E-state index in [-0.39, 0.29) is 6.61 Å². The Hall–Kier alpha value is -1.61. The molecule has 0 bridgehead atoms. The van der Waals surface area contributed by atoms with Crippen LogP contribution in [0.3, 0.4) is 0 Å². The van der Waals surface area contributed by atoms with Crippen LogP contribution in [0.15, 0.2) is 36.6 Å². The first-order valence-electron chi connectivity index (χ1n) is 5.07. The number of allylic oxidation sites excluding steroid dienone is 2. The number of aromatic nitrogens is 1. The summed E-state index contributed by atoms with van der Waals surface area (Å²) < 4.78 is 0. The normalized spacial score (nSPS) is 14.6. The summed E-state index contributed by atoms with van der Waals surface area (Å²) in [6.07, 6.45) is 8.50. The Morgan fingerprint density at radius 3 is 3.13 bits per heavy atom. The predicted molar refractivity (Wildman–Crippen MR) is 60.1 cm³/mol. The predicted octanol–water partition coefficient (Wildman–Crippen LogP) is 1.12. The molecule has 1 aromatic heterocycles. The molecule has 15 heavy (non-hydrogen) atoms. The second-order valence-corrected chi connectivity index (χ2v) is 3.37. The van der Waals surface area contributed by atoms with Gasteiger partial charge in [0, 0.05) is 19.3 Å². The summed E-state index contributed by atoms with van der Waals surface area (Å²) in [7, 11) is 0. The molecule has 3 nitrogen and oxygen atoms in total. The van der Waals surface area contributed by atoms with Gasteiger partial charge in [0.05, 0.1) is 11.4 Å². The minimum absolute atomic E-state index is 0.155. The van der Waals surface area contributed by atoms with Crippen LogP contribution >= 0.6 is 0 Å². The zero-order chi connectivity index (χ0) is 10.5. The van der Waals surface area contributed by atoms with Crippen LogP contribution in [0.25, 0.3) is 5.70 Å². The van der Waals surface area contributed by atoms with E-state index in [0.717, 1.165) is 23.5 Å². The van der Waals surface area contributed by atoms with Gasteiger partial charge < -0.3 is 10.4 Å². The van der Waals surface area contributed by atoms with E-state index in [9.17, 15) is 0 Å². The maximum atomic E-state index is 8.96. The lowest BCUT2D eigenvalue weighted by Gasteiger charge is -2.14. The number of dihydropyridines is 1.